The summed E-state index contributed by atoms with van der Waals surface area (Å²) < 4.78 is 18.0. The Morgan fingerprint density at radius 2 is 1.81 bits per heavy atom. The van der Waals surface area contributed by atoms with Gasteiger partial charge in [-0.3, -0.25) is 5.73 Å². The summed E-state index contributed by atoms with van der Waals surface area (Å²) >= 11 is 0. The van der Waals surface area contributed by atoms with E-state index in [1.807, 2.05) is 0 Å². The maximum atomic E-state index is 10.8. The fourth-order valence-electron chi connectivity index (χ4n) is 0.604. The van der Waals surface area contributed by atoms with Crippen molar-refractivity contribution in [1.82, 2.24) is 0 Å². The van der Waals surface area contributed by atoms with E-state index >= 15 is 0 Å². The van der Waals surface area contributed by atoms with E-state index in [0.29, 0.717) is 0 Å². The minimum absolute atomic E-state index is 0.0619. The lowest BCUT2D eigenvalue weighted by molar-refractivity contribution is 0.00864. The van der Waals surface area contributed by atoms with Gasteiger partial charge in [0, 0.05) is 0 Å². The van der Waals surface area contributed by atoms with E-state index in [4.69, 9.17) is 5.73 Å². The third kappa shape index (κ3) is 8.82. The third-order valence-corrected chi connectivity index (χ3v) is 1.12. The molecule has 0 aromatic rings. The summed E-state index contributed by atoms with van der Waals surface area (Å²) in [6.45, 7) is 4.64. The molecule has 0 bridgehead atoms. The summed E-state index contributed by atoms with van der Waals surface area (Å²) in [6.07, 6.45) is -1.12. The second kappa shape index (κ2) is 8.54. The van der Waals surface area contributed by atoms with E-state index in [9.17, 15) is 9.59 Å². The molecule has 16 heavy (non-hydrogen) atoms. The quantitative estimate of drug-likeness (QED) is 0.313. The van der Waals surface area contributed by atoms with Crippen molar-refractivity contribution in [3.05, 3.63) is 12.7 Å². The zero-order valence-corrected chi connectivity index (χ0v) is 9.01. The molecule has 0 saturated heterocycles. The molecule has 0 amide bonds. The fourth-order valence-corrected chi connectivity index (χ4v) is 0.604. The maximum absolute atomic E-state index is 10.8. The molecule has 0 aromatic heterocycles. The smallest absolute Gasteiger partial charge is 0.431 e. The summed E-state index contributed by atoms with van der Waals surface area (Å²) in [4.78, 5) is 21.5. The number of hydrogen-bond donors (Lipinski definition) is 1. The molecule has 1 unspecified atom stereocenters. The SMILES string of the molecule is C=CCOC(=O)OCCOC(=O)OC(C)N. The van der Waals surface area contributed by atoms with Crippen molar-refractivity contribution in [3.8, 4) is 0 Å². The van der Waals surface area contributed by atoms with Crippen LogP contribution in [0, 0.1) is 0 Å². The number of hydrogen-bond acceptors (Lipinski definition) is 7. The van der Waals surface area contributed by atoms with Crippen molar-refractivity contribution < 1.29 is 28.5 Å². The highest BCUT2D eigenvalue weighted by Gasteiger charge is 2.07. The first-order valence-corrected chi connectivity index (χ1v) is 4.55. The van der Waals surface area contributed by atoms with E-state index in [0.717, 1.165) is 0 Å². The Balaban J connectivity index is 3.42. The van der Waals surface area contributed by atoms with Gasteiger partial charge < -0.3 is 18.9 Å². The van der Waals surface area contributed by atoms with Crippen LogP contribution < -0.4 is 5.73 Å². The van der Waals surface area contributed by atoms with Crippen LogP contribution in [0.15, 0.2) is 12.7 Å². The van der Waals surface area contributed by atoms with E-state index in [2.05, 4.69) is 25.5 Å². The molecule has 0 fully saturated rings. The zero-order valence-electron chi connectivity index (χ0n) is 9.01. The van der Waals surface area contributed by atoms with Crippen molar-refractivity contribution in [2.75, 3.05) is 19.8 Å². The number of carbonyl (C=O) groups is 2. The van der Waals surface area contributed by atoms with Crippen molar-refractivity contribution in [1.29, 1.82) is 0 Å². The normalized spacial score (nSPS) is 11.1. The van der Waals surface area contributed by atoms with E-state index in [1.165, 1.54) is 13.0 Å². The van der Waals surface area contributed by atoms with Gasteiger partial charge in [0.1, 0.15) is 19.8 Å². The lowest BCUT2D eigenvalue weighted by Gasteiger charge is -2.08. The van der Waals surface area contributed by atoms with Crippen molar-refractivity contribution >= 4 is 12.3 Å². The molecule has 92 valence electrons. The van der Waals surface area contributed by atoms with Crippen LogP contribution in [-0.4, -0.2) is 38.4 Å². The van der Waals surface area contributed by atoms with Crippen molar-refractivity contribution in [2.45, 2.75) is 13.2 Å². The zero-order chi connectivity index (χ0) is 12.4. The van der Waals surface area contributed by atoms with Crippen LogP contribution in [0.2, 0.25) is 0 Å². The summed E-state index contributed by atoms with van der Waals surface area (Å²) in [5.41, 5.74) is 5.16. The number of rotatable bonds is 6. The lowest BCUT2D eigenvalue weighted by atomic mass is 10.7. The molecule has 0 aliphatic carbocycles. The Morgan fingerprint density at radius 1 is 1.25 bits per heavy atom. The van der Waals surface area contributed by atoms with Gasteiger partial charge in [-0.05, 0) is 6.92 Å². The molecule has 1 atom stereocenters. The first-order valence-electron chi connectivity index (χ1n) is 4.55. The summed E-state index contributed by atoms with van der Waals surface area (Å²) in [7, 11) is 0. The molecule has 0 aliphatic rings. The standard InChI is InChI=1S/C9H15NO6/c1-3-4-13-8(11)14-5-6-15-9(12)16-7(2)10/h3,7H,1,4-6,10H2,2H3. The van der Waals surface area contributed by atoms with Gasteiger partial charge in [0.2, 0.25) is 0 Å². The second-order valence-electron chi connectivity index (χ2n) is 2.62. The Morgan fingerprint density at radius 3 is 2.31 bits per heavy atom. The molecular weight excluding hydrogens is 218 g/mol. The van der Waals surface area contributed by atoms with Gasteiger partial charge >= 0.3 is 12.3 Å². The average molecular weight is 233 g/mol. The monoisotopic (exact) mass is 233 g/mol. The van der Waals surface area contributed by atoms with E-state index < -0.39 is 18.5 Å². The third-order valence-electron chi connectivity index (χ3n) is 1.12. The van der Waals surface area contributed by atoms with Crippen LogP contribution in [-0.2, 0) is 18.9 Å². The van der Waals surface area contributed by atoms with Gasteiger partial charge in [-0.15, -0.1) is 0 Å². The molecule has 0 spiro atoms. The van der Waals surface area contributed by atoms with Crippen LogP contribution in [0.25, 0.3) is 0 Å². The Bertz CT molecular complexity index is 240. The topological polar surface area (TPSA) is 97.1 Å². The molecule has 0 radical (unpaired) electrons. The largest absolute Gasteiger partial charge is 0.509 e. The first kappa shape index (κ1) is 14.2. The lowest BCUT2D eigenvalue weighted by Crippen LogP contribution is -2.25. The summed E-state index contributed by atoms with van der Waals surface area (Å²) in [5.74, 6) is 0. The van der Waals surface area contributed by atoms with Gasteiger partial charge in [0.05, 0.1) is 0 Å². The van der Waals surface area contributed by atoms with Crippen LogP contribution in [0.1, 0.15) is 6.92 Å². The van der Waals surface area contributed by atoms with Crippen LogP contribution in [0.4, 0.5) is 9.59 Å². The van der Waals surface area contributed by atoms with Gasteiger partial charge in [-0.1, -0.05) is 12.7 Å². The molecule has 0 saturated carbocycles. The Labute approximate surface area is 93.1 Å². The van der Waals surface area contributed by atoms with Gasteiger partial charge in [0.15, 0.2) is 6.23 Å². The predicted octanol–water partition coefficient (Wildman–Crippen LogP) is 0.783. The number of ether oxygens (including phenoxy) is 4. The van der Waals surface area contributed by atoms with E-state index in [-0.39, 0.29) is 19.8 Å². The molecule has 0 heterocycles. The summed E-state index contributed by atoms with van der Waals surface area (Å²) in [6, 6.07) is 0. The Kier molecular flexibility index (Phi) is 7.60. The minimum atomic E-state index is -0.918. The maximum Gasteiger partial charge on any atom is 0.509 e. The van der Waals surface area contributed by atoms with Crippen LogP contribution >= 0.6 is 0 Å². The minimum Gasteiger partial charge on any atom is -0.431 e. The van der Waals surface area contributed by atoms with Gasteiger partial charge in [0.25, 0.3) is 0 Å². The molecule has 0 rings (SSSR count). The molecule has 7 nitrogen and oxygen atoms in total. The van der Waals surface area contributed by atoms with Crippen LogP contribution in [0.3, 0.4) is 0 Å². The molecule has 2 N–H and O–H groups in total. The molecular formula is C9H15NO6. The highest BCUT2D eigenvalue weighted by atomic mass is 16.7. The van der Waals surface area contributed by atoms with Crippen LogP contribution in [0.5, 0.6) is 0 Å². The van der Waals surface area contributed by atoms with Crippen molar-refractivity contribution in [2.24, 2.45) is 5.73 Å². The number of nitrogens with two attached hydrogens (primary N) is 1. The van der Waals surface area contributed by atoms with Gasteiger partial charge in [-0.2, -0.15) is 0 Å². The first-order chi connectivity index (χ1) is 7.56. The Hall–Kier alpha value is -1.76. The van der Waals surface area contributed by atoms with Crippen molar-refractivity contribution in [3.63, 3.8) is 0 Å². The molecule has 0 aliphatic heterocycles. The molecule has 7 heteroatoms. The molecule has 0 aromatic carbocycles. The second-order valence-corrected chi connectivity index (χ2v) is 2.62. The summed E-state index contributed by atoms with van der Waals surface area (Å²) in [5, 5.41) is 0. The number of carbonyl (C=O) groups excluding carboxylic acids is 2. The average Bonchev–Trinajstić information content (AvgIpc) is 2.20. The van der Waals surface area contributed by atoms with E-state index in [1.54, 1.807) is 0 Å². The van der Waals surface area contributed by atoms with Gasteiger partial charge in [-0.25, -0.2) is 9.59 Å². The highest BCUT2D eigenvalue weighted by molar-refractivity contribution is 5.60. The highest BCUT2D eigenvalue weighted by Crippen LogP contribution is 1.90. The predicted molar refractivity (Wildman–Crippen MR) is 53.6 cm³/mol. The fraction of sp³-hybridized carbons (Fsp3) is 0.556.